The van der Waals surface area contributed by atoms with E-state index in [1.165, 1.54) is 4.90 Å². The number of carbonyl (C=O) groups is 3. The number of aliphatic hydroxyl groups is 1. The molecule has 2 N–H and O–H groups in total. The molecule has 3 fully saturated rings. The molecule has 3 heterocycles. The maximum Gasteiger partial charge on any atom is 0.312 e. The fraction of sp³-hybridized carbons (Fsp3) is 0.516. The summed E-state index contributed by atoms with van der Waals surface area (Å²) < 4.78 is 11.9. The Morgan fingerprint density at radius 3 is 2.44 bits per heavy atom. The number of nitrogens with one attached hydrogen (secondary N) is 1. The Bertz CT molecular complexity index is 1260. The van der Waals surface area contributed by atoms with Gasteiger partial charge in [0.1, 0.15) is 11.6 Å². The molecule has 3 saturated heterocycles. The van der Waals surface area contributed by atoms with Crippen LogP contribution in [0.4, 0.5) is 11.4 Å². The van der Waals surface area contributed by atoms with Crippen molar-refractivity contribution < 1.29 is 29.0 Å². The van der Waals surface area contributed by atoms with Gasteiger partial charge in [-0.05, 0) is 63.4 Å². The van der Waals surface area contributed by atoms with Crippen molar-refractivity contribution in [1.29, 1.82) is 0 Å². The van der Waals surface area contributed by atoms with Crippen molar-refractivity contribution in [3.05, 3.63) is 60.2 Å². The molecule has 41 heavy (non-hydrogen) atoms. The number of rotatable bonds is 11. The first kappa shape index (κ1) is 29.5. The average molecular weight is 629 g/mol. The number of alkyl halides is 1. The van der Waals surface area contributed by atoms with Crippen molar-refractivity contribution in [2.24, 2.45) is 11.8 Å². The largest absolute Gasteiger partial charge is 0.466 e. The highest BCUT2D eigenvalue weighted by Gasteiger charge is 2.77. The Morgan fingerprint density at radius 2 is 1.83 bits per heavy atom. The maximum atomic E-state index is 14.3. The minimum absolute atomic E-state index is 0.174. The number of likely N-dealkylation sites (tertiary alicyclic amines) is 1. The highest BCUT2D eigenvalue weighted by atomic mass is 79.9. The van der Waals surface area contributed by atoms with Crippen LogP contribution in [-0.4, -0.2) is 82.7 Å². The SMILES string of the molecule is CCOC(=O)[C@H]1[C@H]2C(=O)N([C@@H](CO)Cc3ccccc3)C(C(=O)Nc3ccc(N(CC)CC)cc3)C23CC(Br)[C@@H]1O3. The van der Waals surface area contributed by atoms with E-state index in [4.69, 9.17) is 9.47 Å². The number of amides is 2. The Hall–Kier alpha value is -2.95. The van der Waals surface area contributed by atoms with Crippen LogP contribution < -0.4 is 10.2 Å². The molecule has 0 aliphatic carbocycles. The summed E-state index contributed by atoms with van der Waals surface area (Å²) in [5, 5.41) is 13.6. The molecule has 3 aliphatic rings. The number of carbonyl (C=O) groups excluding carboxylic acids is 3. The van der Waals surface area contributed by atoms with Crippen LogP contribution in [0.2, 0.25) is 0 Å². The van der Waals surface area contributed by atoms with Gasteiger partial charge in [-0.15, -0.1) is 0 Å². The molecule has 5 rings (SSSR count). The van der Waals surface area contributed by atoms with Gasteiger partial charge in [-0.1, -0.05) is 46.3 Å². The van der Waals surface area contributed by atoms with Crippen molar-refractivity contribution in [1.82, 2.24) is 4.90 Å². The van der Waals surface area contributed by atoms with Crippen LogP contribution in [0.15, 0.2) is 54.6 Å². The van der Waals surface area contributed by atoms with Gasteiger partial charge in [0.25, 0.3) is 0 Å². The molecule has 10 heteroatoms. The lowest BCUT2D eigenvalue weighted by molar-refractivity contribution is -0.155. The lowest BCUT2D eigenvalue weighted by atomic mass is 9.70. The summed E-state index contributed by atoms with van der Waals surface area (Å²) in [6.45, 7) is 7.45. The van der Waals surface area contributed by atoms with Crippen LogP contribution in [0.25, 0.3) is 0 Å². The second-order valence-electron chi connectivity index (χ2n) is 10.9. The number of anilines is 2. The van der Waals surface area contributed by atoms with Crippen LogP contribution in [0.5, 0.6) is 0 Å². The normalized spacial score (nSPS) is 28.9. The number of aliphatic hydroxyl groups excluding tert-OH is 1. The molecule has 2 bridgehead atoms. The van der Waals surface area contributed by atoms with Gasteiger partial charge in [-0.2, -0.15) is 0 Å². The van der Waals surface area contributed by atoms with Crippen LogP contribution in [0, 0.1) is 11.8 Å². The maximum absolute atomic E-state index is 14.3. The lowest BCUT2D eigenvalue weighted by Crippen LogP contribution is -2.57. The van der Waals surface area contributed by atoms with Crippen molar-refractivity contribution in [3.63, 3.8) is 0 Å². The van der Waals surface area contributed by atoms with E-state index in [0.717, 1.165) is 24.3 Å². The van der Waals surface area contributed by atoms with Gasteiger partial charge < -0.3 is 29.7 Å². The Labute approximate surface area is 249 Å². The quantitative estimate of drug-likeness (QED) is 0.290. The average Bonchev–Trinajstić information content (AvgIpc) is 3.57. The lowest BCUT2D eigenvalue weighted by Gasteiger charge is -2.37. The monoisotopic (exact) mass is 627 g/mol. The molecule has 0 aromatic heterocycles. The third-order valence-corrected chi connectivity index (χ3v) is 9.56. The van der Waals surface area contributed by atoms with E-state index in [-0.39, 0.29) is 23.9 Å². The summed E-state index contributed by atoms with van der Waals surface area (Å²) in [5.41, 5.74) is 1.32. The number of nitrogens with zero attached hydrogens (tertiary/aromatic N) is 2. The smallest absolute Gasteiger partial charge is 0.312 e. The van der Waals surface area contributed by atoms with E-state index in [1.54, 1.807) is 6.92 Å². The van der Waals surface area contributed by atoms with E-state index < -0.39 is 47.5 Å². The zero-order valence-electron chi connectivity index (χ0n) is 23.7. The van der Waals surface area contributed by atoms with Gasteiger partial charge >= 0.3 is 5.97 Å². The van der Waals surface area contributed by atoms with Crippen LogP contribution in [0.1, 0.15) is 32.8 Å². The van der Waals surface area contributed by atoms with E-state index in [2.05, 4.69) is 40.0 Å². The summed E-state index contributed by atoms with van der Waals surface area (Å²) in [6.07, 6.45) is 0.137. The number of fused-ring (bicyclic) bond motifs is 1. The molecular formula is C31H38BrN3O6. The van der Waals surface area contributed by atoms with Gasteiger partial charge in [-0.25, -0.2) is 0 Å². The molecule has 2 aromatic rings. The molecule has 7 atom stereocenters. The minimum Gasteiger partial charge on any atom is -0.466 e. The first-order chi connectivity index (χ1) is 19.8. The molecule has 220 valence electrons. The highest BCUT2D eigenvalue weighted by molar-refractivity contribution is 9.09. The van der Waals surface area contributed by atoms with Crippen LogP contribution in [-0.2, 0) is 30.3 Å². The van der Waals surface area contributed by atoms with Gasteiger partial charge in [0.15, 0.2) is 0 Å². The third kappa shape index (κ3) is 5.15. The summed E-state index contributed by atoms with van der Waals surface area (Å²) in [5.74, 6) is -3.00. The first-order valence-electron chi connectivity index (χ1n) is 14.4. The zero-order chi connectivity index (χ0) is 29.3. The van der Waals surface area contributed by atoms with Crippen molar-refractivity contribution in [3.8, 4) is 0 Å². The van der Waals surface area contributed by atoms with E-state index in [0.29, 0.717) is 18.5 Å². The zero-order valence-corrected chi connectivity index (χ0v) is 25.2. The summed E-state index contributed by atoms with van der Waals surface area (Å²) in [7, 11) is 0. The van der Waals surface area contributed by atoms with Crippen molar-refractivity contribution in [2.75, 3.05) is 36.5 Å². The predicted molar refractivity (Wildman–Crippen MR) is 159 cm³/mol. The summed E-state index contributed by atoms with van der Waals surface area (Å²) in [4.78, 5) is 45.1. The molecule has 2 aromatic carbocycles. The number of hydrogen-bond donors (Lipinski definition) is 2. The van der Waals surface area contributed by atoms with Gasteiger partial charge in [0.05, 0.1) is 37.2 Å². The molecule has 9 nitrogen and oxygen atoms in total. The van der Waals surface area contributed by atoms with Crippen molar-refractivity contribution >= 4 is 45.1 Å². The van der Waals surface area contributed by atoms with Gasteiger partial charge in [0, 0.05) is 29.3 Å². The molecule has 1 spiro atoms. The van der Waals surface area contributed by atoms with Gasteiger partial charge in [0.2, 0.25) is 11.8 Å². The number of ether oxygens (including phenoxy) is 2. The number of hydrogen-bond acceptors (Lipinski definition) is 7. The Balaban J connectivity index is 1.51. The van der Waals surface area contributed by atoms with Gasteiger partial charge in [-0.3, -0.25) is 14.4 Å². The number of halogens is 1. The fourth-order valence-corrected chi connectivity index (χ4v) is 7.90. The van der Waals surface area contributed by atoms with Crippen LogP contribution in [0.3, 0.4) is 0 Å². The molecule has 0 saturated carbocycles. The standard InChI is InChI=1S/C31H38BrN3O6/c1-4-34(5-2)21-14-12-20(13-15-21)33-28(37)27-31-17-23(32)26(41-31)24(30(39)40-6-3)25(31)29(38)35(27)22(18-36)16-19-10-8-7-9-11-19/h7-15,22-27,36H,4-6,16-18H2,1-3H3,(H,33,37)/t22-,23?,24+,25+,26+,27?,31?/m1/s1. The second kappa shape index (κ2) is 12.1. The van der Waals surface area contributed by atoms with Crippen molar-refractivity contribution in [2.45, 2.75) is 62.2 Å². The topological polar surface area (TPSA) is 108 Å². The van der Waals surface area contributed by atoms with E-state index in [1.807, 2.05) is 54.6 Å². The molecular weight excluding hydrogens is 590 g/mol. The second-order valence-corrected chi connectivity index (χ2v) is 12.1. The first-order valence-corrected chi connectivity index (χ1v) is 15.3. The number of benzene rings is 2. The predicted octanol–water partition coefficient (Wildman–Crippen LogP) is 3.39. The Kier molecular flexibility index (Phi) is 8.73. The minimum atomic E-state index is -1.23. The molecule has 3 aliphatic heterocycles. The van der Waals surface area contributed by atoms with Crippen LogP contribution >= 0.6 is 15.9 Å². The molecule has 3 unspecified atom stereocenters. The fourth-order valence-electron chi connectivity index (χ4n) is 6.96. The molecule has 2 amide bonds. The van der Waals surface area contributed by atoms with E-state index in [9.17, 15) is 19.5 Å². The highest BCUT2D eigenvalue weighted by Crippen LogP contribution is 2.60. The number of esters is 1. The van der Waals surface area contributed by atoms with E-state index >= 15 is 0 Å². The Morgan fingerprint density at radius 1 is 1.15 bits per heavy atom. The molecule has 0 radical (unpaired) electrons. The summed E-state index contributed by atoms with van der Waals surface area (Å²) >= 11 is 3.66. The summed E-state index contributed by atoms with van der Waals surface area (Å²) in [6, 6.07) is 15.4. The third-order valence-electron chi connectivity index (χ3n) is 8.72.